The van der Waals surface area contributed by atoms with Crippen molar-refractivity contribution in [2.24, 2.45) is 11.7 Å². The number of methoxy groups -OCH3 is 1. The highest BCUT2D eigenvalue weighted by Crippen LogP contribution is 2.32. The van der Waals surface area contributed by atoms with E-state index in [1.165, 1.54) is 0 Å². The van der Waals surface area contributed by atoms with E-state index in [1.54, 1.807) is 7.11 Å². The predicted octanol–water partition coefficient (Wildman–Crippen LogP) is 2.62. The third kappa shape index (κ3) is 2.27. The number of rotatable bonds is 3. The molecule has 0 aromatic heterocycles. The van der Waals surface area contributed by atoms with Crippen LogP contribution in [0.4, 0.5) is 0 Å². The number of Topliss-reactive ketones (excluding diaryl/α,β-unsaturated/α-hetero) is 1. The van der Waals surface area contributed by atoms with Gasteiger partial charge in [0.25, 0.3) is 0 Å². The first-order valence-electron chi connectivity index (χ1n) is 6.49. The molecule has 1 aliphatic carbocycles. The first kappa shape index (κ1) is 13.1. The van der Waals surface area contributed by atoms with Crippen molar-refractivity contribution in [3.05, 3.63) is 28.8 Å². The highest BCUT2D eigenvalue weighted by atomic mass is 16.5. The lowest BCUT2D eigenvalue weighted by atomic mass is 9.90. The molecule has 3 heteroatoms. The van der Waals surface area contributed by atoms with Gasteiger partial charge in [-0.05, 0) is 43.9 Å². The Morgan fingerprint density at radius 1 is 1.33 bits per heavy atom. The van der Waals surface area contributed by atoms with E-state index in [0.29, 0.717) is 11.3 Å². The van der Waals surface area contributed by atoms with Crippen molar-refractivity contribution in [1.82, 2.24) is 0 Å². The van der Waals surface area contributed by atoms with Crippen molar-refractivity contribution < 1.29 is 9.53 Å². The molecule has 0 saturated heterocycles. The third-order valence-corrected chi connectivity index (χ3v) is 3.82. The monoisotopic (exact) mass is 247 g/mol. The molecule has 1 saturated carbocycles. The van der Waals surface area contributed by atoms with Crippen molar-refractivity contribution >= 4 is 5.78 Å². The van der Waals surface area contributed by atoms with Crippen LogP contribution in [-0.4, -0.2) is 18.9 Å². The van der Waals surface area contributed by atoms with Gasteiger partial charge in [-0.2, -0.15) is 0 Å². The summed E-state index contributed by atoms with van der Waals surface area (Å²) < 4.78 is 5.36. The molecule has 2 unspecified atom stereocenters. The lowest BCUT2D eigenvalue weighted by Gasteiger charge is -2.18. The van der Waals surface area contributed by atoms with Gasteiger partial charge in [0.05, 0.1) is 12.7 Å². The van der Waals surface area contributed by atoms with E-state index in [9.17, 15) is 4.79 Å². The van der Waals surface area contributed by atoms with Gasteiger partial charge in [0, 0.05) is 12.0 Å². The van der Waals surface area contributed by atoms with Crippen molar-refractivity contribution in [1.29, 1.82) is 0 Å². The molecular weight excluding hydrogens is 226 g/mol. The Balaban J connectivity index is 2.41. The molecule has 1 aliphatic rings. The Morgan fingerprint density at radius 3 is 2.61 bits per heavy atom. The molecule has 1 aromatic carbocycles. The largest absolute Gasteiger partial charge is 0.496 e. The third-order valence-electron chi connectivity index (χ3n) is 3.82. The smallest absolute Gasteiger partial charge is 0.171 e. The first-order valence-corrected chi connectivity index (χ1v) is 6.49. The summed E-state index contributed by atoms with van der Waals surface area (Å²) in [7, 11) is 1.61. The Labute approximate surface area is 108 Å². The molecule has 1 aromatic rings. The summed E-state index contributed by atoms with van der Waals surface area (Å²) >= 11 is 0. The van der Waals surface area contributed by atoms with Crippen molar-refractivity contribution in [3.8, 4) is 5.75 Å². The molecule has 0 heterocycles. The minimum atomic E-state index is -0.0414. The number of carbonyl (C=O) groups is 1. The zero-order chi connectivity index (χ0) is 13.3. The maximum absolute atomic E-state index is 12.6. The zero-order valence-electron chi connectivity index (χ0n) is 11.3. The number of benzene rings is 1. The quantitative estimate of drug-likeness (QED) is 0.835. The maximum Gasteiger partial charge on any atom is 0.171 e. The van der Waals surface area contributed by atoms with Crippen LogP contribution in [0.25, 0.3) is 0 Å². The van der Waals surface area contributed by atoms with Gasteiger partial charge in [0.1, 0.15) is 5.75 Å². The molecule has 0 aliphatic heterocycles. The standard InChI is InChI=1S/C15H21NO2/c1-9-7-10(2)14(13(8-9)18-3)15(17)11-5-4-6-12(11)16/h7-8,11-12H,4-6,16H2,1-3H3. The summed E-state index contributed by atoms with van der Waals surface area (Å²) in [5.41, 5.74) is 8.83. The number of ketones is 1. The number of hydrogen-bond acceptors (Lipinski definition) is 3. The van der Waals surface area contributed by atoms with Crippen LogP contribution in [0, 0.1) is 19.8 Å². The predicted molar refractivity (Wildman–Crippen MR) is 72.1 cm³/mol. The zero-order valence-corrected chi connectivity index (χ0v) is 11.3. The number of carbonyl (C=O) groups excluding carboxylic acids is 1. The number of nitrogens with two attached hydrogens (primary N) is 1. The van der Waals surface area contributed by atoms with Crippen molar-refractivity contribution in [3.63, 3.8) is 0 Å². The Kier molecular flexibility index (Phi) is 3.71. The molecule has 18 heavy (non-hydrogen) atoms. The van der Waals surface area contributed by atoms with Gasteiger partial charge in [-0.15, -0.1) is 0 Å². The summed E-state index contributed by atoms with van der Waals surface area (Å²) in [4.78, 5) is 12.6. The summed E-state index contributed by atoms with van der Waals surface area (Å²) in [6, 6.07) is 3.94. The van der Waals surface area contributed by atoms with Gasteiger partial charge in [-0.3, -0.25) is 4.79 Å². The summed E-state index contributed by atoms with van der Waals surface area (Å²) in [6.07, 6.45) is 2.89. The van der Waals surface area contributed by atoms with Crippen molar-refractivity contribution in [2.45, 2.75) is 39.2 Å². The number of aryl methyl sites for hydroxylation is 2. The van der Waals surface area contributed by atoms with E-state index in [0.717, 1.165) is 30.4 Å². The lowest BCUT2D eigenvalue weighted by Crippen LogP contribution is -2.31. The van der Waals surface area contributed by atoms with Crippen LogP contribution in [0.1, 0.15) is 40.7 Å². The molecule has 98 valence electrons. The van der Waals surface area contributed by atoms with Crippen molar-refractivity contribution in [2.75, 3.05) is 7.11 Å². The SMILES string of the molecule is COc1cc(C)cc(C)c1C(=O)C1CCCC1N. The van der Waals surface area contributed by atoms with E-state index in [1.807, 2.05) is 26.0 Å². The van der Waals surface area contributed by atoms with Gasteiger partial charge in [-0.25, -0.2) is 0 Å². The average Bonchev–Trinajstić information content (AvgIpc) is 2.73. The van der Waals surface area contributed by atoms with Gasteiger partial charge in [-0.1, -0.05) is 12.5 Å². The molecule has 2 N–H and O–H groups in total. The minimum absolute atomic E-state index is 0.00269. The molecule has 0 spiro atoms. The second-order valence-corrected chi connectivity index (χ2v) is 5.22. The molecule has 1 fully saturated rings. The number of hydrogen-bond donors (Lipinski definition) is 1. The van der Waals surface area contributed by atoms with Gasteiger partial charge < -0.3 is 10.5 Å². The van der Waals surface area contributed by atoms with E-state index < -0.39 is 0 Å². The van der Waals surface area contributed by atoms with Crippen LogP contribution < -0.4 is 10.5 Å². The fourth-order valence-electron chi connectivity index (χ4n) is 2.91. The fourth-order valence-corrected chi connectivity index (χ4v) is 2.91. The minimum Gasteiger partial charge on any atom is -0.496 e. The van der Waals surface area contributed by atoms with Crippen LogP contribution >= 0.6 is 0 Å². The average molecular weight is 247 g/mol. The number of ether oxygens (including phenoxy) is 1. The van der Waals surface area contributed by atoms with Gasteiger partial charge in [0.2, 0.25) is 0 Å². The van der Waals surface area contributed by atoms with E-state index in [4.69, 9.17) is 10.5 Å². The van der Waals surface area contributed by atoms with Crippen LogP contribution in [-0.2, 0) is 0 Å². The molecule has 0 amide bonds. The van der Waals surface area contributed by atoms with Gasteiger partial charge in [0.15, 0.2) is 5.78 Å². The highest BCUT2D eigenvalue weighted by Gasteiger charge is 2.33. The van der Waals surface area contributed by atoms with E-state index >= 15 is 0 Å². The molecule has 3 nitrogen and oxygen atoms in total. The van der Waals surface area contributed by atoms with Crippen LogP contribution in [0.3, 0.4) is 0 Å². The van der Waals surface area contributed by atoms with E-state index in [2.05, 4.69) is 0 Å². The molecular formula is C15H21NO2. The topological polar surface area (TPSA) is 52.3 Å². The summed E-state index contributed by atoms with van der Waals surface area (Å²) in [6.45, 7) is 3.97. The summed E-state index contributed by atoms with van der Waals surface area (Å²) in [5, 5.41) is 0. The van der Waals surface area contributed by atoms with Crippen LogP contribution in [0.5, 0.6) is 5.75 Å². The first-order chi connectivity index (χ1) is 8.54. The van der Waals surface area contributed by atoms with Gasteiger partial charge >= 0.3 is 0 Å². The lowest BCUT2D eigenvalue weighted by molar-refractivity contribution is 0.0909. The Hall–Kier alpha value is -1.35. The fraction of sp³-hybridized carbons (Fsp3) is 0.533. The highest BCUT2D eigenvalue weighted by molar-refractivity contribution is 6.02. The molecule has 0 radical (unpaired) electrons. The molecule has 0 bridgehead atoms. The van der Waals surface area contributed by atoms with Crippen LogP contribution in [0.2, 0.25) is 0 Å². The molecule has 2 rings (SSSR count). The second kappa shape index (κ2) is 5.11. The normalized spacial score (nSPS) is 23.1. The molecule has 2 atom stereocenters. The Bertz CT molecular complexity index is 468. The summed E-state index contributed by atoms with van der Waals surface area (Å²) in [5.74, 6) is 0.784. The van der Waals surface area contributed by atoms with Crippen LogP contribution in [0.15, 0.2) is 12.1 Å². The van der Waals surface area contributed by atoms with E-state index in [-0.39, 0.29) is 17.7 Å². The second-order valence-electron chi connectivity index (χ2n) is 5.22. The Morgan fingerprint density at radius 2 is 2.06 bits per heavy atom. The maximum atomic E-state index is 12.6.